The lowest BCUT2D eigenvalue weighted by molar-refractivity contribution is -0.139. The Hall–Kier alpha value is -1.93. The second-order valence-corrected chi connectivity index (χ2v) is 10.4. The first-order valence-corrected chi connectivity index (χ1v) is 11.8. The summed E-state index contributed by atoms with van der Waals surface area (Å²) < 4.78 is 26.9. The van der Waals surface area contributed by atoms with Crippen molar-refractivity contribution in [3.63, 3.8) is 0 Å². The molecular weight excluding hydrogens is 390 g/mol. The van der Waals surface area contributed by atoms with Gasteiger partial charge in [-0.05, 0) is 55.4 Å². The quantitative estimate of drug-likeness (QED) is 0.792. The van der Waals surface area contributed by atoms with Crippen molar-refractivity contribution < 1.29 is 18.0 Å². The zero-order valence-corrected chi connectivity index (χ0v) is 18.2. The Morgan fingerprint density at radius 1 is 1.14 bits per heavy atom. The van der Waals surface area contributed by atoms with E-state index >= 15 is 0 Å². The summed E-state index contributed by atoms with van der Waals surface area (Å²) in [4.78, 5) is 26.1. The number of benzene rings is 1. The molecule has 1 saturated heterocycles. The van der Waals surface area contributed by atoms with E-state index in [1.807, 2.05) is 4.90 Å². The fourth-order valence-corrected chi connectivity index (χ4v) is 5.80. The first-order valence-electron chi connectivity index (χ1n) is 10.3. The molecule has 8 heteroatoms. The van der Waals surface area contributed by atoms with Gasteiger partial charge in [0.05, 0.1) is 11.4 Å². The molecule has 160 valence electrons. The summed E-state index contributed by atoms with van der Waals surface area (Å²) in [6, 6.07) is 6.22. The summed E-state index contributed by atoms with van der Waals surface area (Å²) >= 11 is 0. The Kier molecular flexibility index (Phi) is 6.63. The summed E-state index contributed by atoms with van der Waals surface area (Å²) in [6.45, 7) is 4.21. The van der Waals surface area contributed by atoms with Gasteiger partial charge in [-0.15, -0.1) is 0 Å². The van der Waals surface area contributed by atoms with E-state index in [1.54, 1.807) is 12.1 Å². The lowest BCUT2D eigenvalue weighted by Gasteiger charge is -2.47. The van der Waals surface area contributed by atoms with Gasteiger partial charge >= 0.3 is 0 Å². The van der Waals surface area contributed by atoms with Crippen LogP contribution in [-0.4, -0.2) is 55.6 Å². The number of fused-ring (bicyclic) bond motifs is 1. The summed E-state index contributed by atoms with van der Waals surface area (Å²) in [7, 11) is -2.34. The Balaban J connectivity index is 1.68. The van der Waals surface area contributed by atoms with E-state index in [2.05, 4.69) is 12.2 Å². The van der Waals surface area contributed by atoms with Crippen molar-refractivity contribution in [3.05, 3.63) is 24.3 Å². The van der Waals surface area contributed by atoms with Crippen LogP contribution in [0.15, 0.2) is 29.2 Å². The molecular formula is C21H31N3O4S. The smallest absolute Gasteiger partial charge is 0.243 e. The topological polar surface area (TPSA) is 86.8 Å². The third-order valence-electron chi connectivity index (χ3n) is 6.30. The van der Waals surface area contributed by atoms with Gasteiger partial charge in [0.25, 0.3) is 0 Å². The van der Waals surface area contributed by atoms with E-state index in [4.69, 9.17) is 0 Å². The van der Waals surface area contributed by atoms with Gasteiger partial charge in [-0.3, -0.25) is 9.59 Å². The van der Waals surface area contributed by atoms with Crippen molar-refractivity contribution >= 4 is 27.5 Å². The maximum absolute atomic E-state index is 13.0. The molecule has 2 fully saturated rings. The highest BCUT2D eigenvalue weighted by Crippen LogP contribution is 2.38. The van der Waals surface area contributed by atoms with Crippen LogP contribution in [0.4, 0.5) is 5.69 Å². The second kappa shape index (κ2) is 8.83. The average molecular weight is 422 g/mol. The van der Waals surface area contributed by atoms with Crippen LogP contribution in [0, 0.1) is 11.8 Å². The molecule has 3 rings (SSSR count). The van der Waals surface area contributed by atoms with E-state index in [-0.39, 0.29) is 29.3 Å². The third kappa shape index (κ3) is 4.80. The van der Waals surface area contributed by atoms with Crippen molar-refractivity contribution in [1.29, 1.82) is 0 Å². The van der Waals surface area contributed by atoms with Crippen LogP contribution < -0.4 is 5.32 Å². The van der Waals surface area contributed by atoms with E-state index < -0.39 is 10.0 Å². The molecule has 2 aliphatic rings. The average Bonchev–Trinajstić information content (AvgIpc) is 2.68. The number of carbonyl (C=O) groups is 2. The number of hydrogen-bond donors (Lipinski definition) is 1. The molecule has 0 aromatic heterocycles. The zero-order chi connectivity index (χ0) is 21.2. The molecule has 0 spiro atoms. The van der Waals surface area contributed by atoms with Crippen molar-refractivity contribution in [2.24, 2.45) is 11.8 Å². The maximum atomic E-state index is 13.0. The number of sulfonamides is 1. The van der Waals surface area contributed by atoms with Gasteiger partial charge in [0.1, 0.15) is 0 Å². The molecule has 1 N–H and O–H groups in total. The summed E-state index contributed by atoms with van der Waals surface area (Å²) in [5.41, 5.74) is 0.529. The Morgan fingerprint density at radius 3 is 2.45 bits per heavy atom. The summed E-state index contributed by atoms with van der Waals surface area (Å²) in [5, 5.41) is 2.61. The lowest BCUT2D eigenvalue weighted by Crippen LogP contribution is -2.54. The van der Waals surface area contributed by atoms with E-state index in [0.29, 0.717) is 24.1 Å². The molecule has 3 unspecified atom stereocenters. The number of hydrogen-bond acceptors (Lipinski definition) is 4. The Morgan fingerprint density at radius 2 is 1.79 bits per heavy atom. The number of nitrogens with zero attached hydrogens (tertiary/aromatic N) is 2. The summed E-state index contributed by atoms with van der Waals surface area (Å²) in [5.74, 6) is 0.813. The molecule has 1 aliphatic carbocycles. The number of nitrogens with one attached hydrogen (secondary N) is 1. The SMILES string of the molecule is CC(=O)Nc1ccc(S(=O)(=O)N(C)CC(=O)N2CCC(C)C3CCCCC32)cc1. The van der Waals surface area contributed by atoms with Crippen LogP contribution in [0.25, 0.3) is 0 Å². The van der Waals surface area contributed by atoms with Crippen molar-refractivity contribution in [3.8, 4) is 0 Å². The molecule has 2 amide bonds. The van der Waals surface area contributed by atoms with Crippen molar-refractivity contribution in [1.82, 2.24) is 9.21 Å². The number of anilines is 1. The monoisotopic (exact) mass is 421 g/mol. The number of likely N-dealkylation sites (N-methyl/N-ethyl adjacent to an activating group) is 1. The normalized spacial score (nSPS) is 24.8. The molecule has 7 nitrogen and oxygen atoms in total. The first kappa shape index (κ1) is 21.8. The van der Waals surface area contributed by atoms with Crippen LogP contribution in [0.3, 0.4) is 0 Å². The molecule has 3 atom stereocenters. The largest absolute Gasteiger partial charge is 0.338 e. The molecule has 1 aliphatic heterocycles. The molecule has 1 aromatic carbocycles. The molecule has 29 heavy (non-hydrogen) atoms. The van der Waals surface area contributed by atoms with Gasteiger partial charge in [-0.25, -0.2) is 8.42 Å². The zero-order valence-electron chi connectivity index (χ0n) is 17.4. The molecule has 0 radical (unpaired) electrons. The molecule has 1 heterocycles. The van der Waals surface area contributed by atoms with Gasteiger partial charge in [-0.1, -0.05) is 19.8 Å². The lowest BCUT2D eigenvalue weighted by atomic mass is 9.72. The molecule has 1 saturated carbocycles. The van der Waals surface area contributed by atoms with Crippen LogP contribution in [-0.2, 0) is 19.6 Å². The summed E-state index contributed by atoms with van der Waals surface area (Å²) in [6.07, 6.45) is 5.50. The van der Waals surface area contributed by atoms with Crippen LogP contribution >= 0.6 is 0 Å². The van der Waals surface area contributed by atoms with E-state index in [0.717, 1.165) is 30.0 Å². The molecule has 0 bridgehead atoms. The van der Waals surface area contributed by atoms with Gasteiger partial charge in [-0.2, -0.15) is 4.31 Å². The minimum Gasteiger partial charge on any atom is -0.338 e. The highest BCUT2D eigenvalue weighted by Gasteiger charge is 2.40. The molecule has 1 aromatic rings. The van der Waals surface area contributed by atoms with Gasteiger partial charge in [0, 0.05) is 32.2 Å². The van der Waals surface area contributed by atoms with Gasteiger partial charge < -0.3 is 10.2 Å². The highest BCUT2D eigenvalue weighted by atomic mass is 32.2. The van der Waals surface area contributed by atoms with Crippen LogP contribution in [0.1, 0.15) is 46.0 Å². The number of piperidine rings is 1. The number of carbonyl (C=O) groups excluding carboxylic acids is 2. The Bertz CT molecular complexity index is 853. The van der Waals surface area contributed by atoms with Gasteiger partial charge in [0.15, 0.2) is 0 Å². The predicted octanol–water partition coefficient (Wildman–Crippen LogP) is 2.69. The number of likely N-dealkylation sites (tertiary alicyclic amines) is 1. The van der Waals surface area contributed by atoms with Crippen molar-refractivity contribution in [2.45, 2.75) is 56.9 Å². The highest BCUT2D eigenvalue weighted by molar-refractivity contribution is 7.89. The Labute approximate surface area is 173 Å². The number of rotatable bonds is 5. The fourth-order valence-electron chi connectivity index (χ4n) is 4.68. The van der Waals surface area contributed by atoms with Crippen LogP contribution in [0.5, 0.6) is 0 Å². The van der Waals surface area contributed by atoms with Crippen LogP contribution in [0.2, 0.25) is 0 Å². The number of amides is 2. The third-order valence-corrected chi connectivity index (χ3v) is 8.12. The minimum absolute atomic E-state index is 0.102. The fraction of sp³-hybridized carbons (Fsp3) is 0.619. The van der Waals surface area contributed by atoms with Gasteiger partial charge in [0.2, 0.25) is 21.8 Å². The maximum Gasteiger partial charge on any atom is 0.243 e. The predicted molar refractivity (Wildman–Crippen MR) is 112 cm³/mol. The van der Waals surface area contributed by atoms with E-state index in [9.17, 15) is 18.0 Å². The first-order chi connectivity index (χ1) is 13.7. The second-order valence-electron chi connectivity index (χ2n) is 8.34. The van der Waals surface area contributed by atoms with E-state index in [1.165, 1.54) is 32.5 Å². The standard InChI is InChI=1S/C21H31N3O4S/c1-15-12-13-24(20-7-5-4-6-19(15)20)21(26)14-23(3)29(27,28)18-10-8-17(9-11-18)22-16(2)25/h8-11,15,19-20H,4-7,12-14H2,1-3H3,(H,22,25). The van der Waals surface area contributed by atoms with Crippen molar-refractivity contribution in [2.75, 3.05) is 25.5 Å². The minimum atomic E-state index is -3.78.